The van der Waals surface area contributed by atoms with Crippen LogP contribution in [0.5, 0.6) is 11.5 Å². The minimum absolute atomic E-state index is 0.00828. The fraction of sp³-hybridized carbons (Fsp3) is 0.391. The number of carbonyl (C=O) groups excluding carboxylic acids is 6. The lowest BCUT2D eigenvalue weighted by Gasteiger charge is -2.43. The summed E-state index contributed by atoms with van der Waals surface area (Å²) >= 11 is 6.48. The number of carbonyl (C=O) groups is 6. The Labute approximate surface area is 385 Å². The molecule has 344 valence electrons. The maximum atomic E-state index is 13.9. The molecular weight excluding hydrogens is 889 g/mol. The molecule has 1 unspecified atom stereocenters. The zero-order valence-corrected chi connectivity index (χ0v) is 38.3. The molecule has 18 nitrogen and oxygen atoms in total. The number of nitrogens with zero attached hydrogens (tertiary/aromatic N) is 6. The van der Waals surface area contributed by atoms with Gasteiger partial charge in [0, 0.05) is 68.8 Å². The van der Waals surface area contributed by atoms with Gasteiger partial charge in [0.05, 0.1) is 35.8 Å². The van der Waals surface area contributed by atoms with Crippen LogP contribution in [0, 0.1) is 5.41 Å². The van der Waals surface area contributed by atoms with Crippen LogP contribution in [0.4, 0.5) is 28.8 Å². The van der Waals surface area contributed by atoms with Crippen molar-refractivity contribution in [3.8, 4) is 11.5 Å². The summed E-state index contributed by atoms with van der Waals surface area (Å²) in [6.45, 7) is 7.28. The number of hydrogen-bond donors (Lipinski definition) is 3. The molecular formula is C46H49ClN9O9P. The quantitative estimate of drug-likeness (QED) is 0.0574. The third-order valence-corrected chi connectivity index (χ3v) is 14.9. The second-order valence-corrected chi connectivity index (χ2v) is 21.1. The number of methoxy groups -OCH3 is 1. The van der Waals surface area contributed by atoms with E-state index in [0.29, 0.717) is 84.3 Å². The van der Waals surface area contributed by atoms with Gasteiger partial charge in [0.15, 0.2) is 5.82 Å². The van der Waals surface area contributed by atoms with Gasteiger partial charge in [-0.2, -0.15) is 4.98 Å². The zero-order valence-electron chi connectivity index (χ0n) is 36.7. The first-order chi connectivity index (χ1) is 31.6. The molecule has 4 aromatic rings. The van der Waals surface area contributed by atoms with E-state index in [0.717, 1.165) is 36.5 Å². The number of rotatable bonds is 12. The number of aromatic nitrogens is 2. The Kier molecular flexibility index (Phi) is 12.1. The van der Waals surface area contributed by atoms with Crippen LogP contribution in [0.1, 0.15) is 59.2 Å². The van der Waals surface area contributed by atoms with Gasteiger partial charge >= 0.3 is 5.97 Å². The Morgan fingerprint density at radius 1 is 0.864 bits per heavy atom. The van der Waals surface area contributed by atoms with Crippen molar-refractivity contribution in [1.29, 1.82) is 0 Å². The van der Waals surface area contributed by atoms with Crippen LogP contribution in [0.2, 0.25) is 5.02 Å². The molecule has 5 amide bonds. The highest BCUT2D eigenvalue weighted by atomic mass is 35.5. The molecule has 4 aliphatic heterocycles. The molecule has 1 saturated carbocycles. The summed E-state index contributed by atoms with van der Waals surface area (Å²) in [6.07, 6.45) is 3.91. The second kappa shape index (κ2) is 17.8. The first kappa shape index (κ1) is 44.8. The topological polar surface area (TPSA) is 213 Å². The number of para-hydroxylation sites is 1. The fourth-order valence-electron chi connectivity index (χ4n) is 9.27. The van der Waals surface area contributed by atoms with Crippen molar-refractivity contribution in [2.45, 2.75) is 50.6 Å². The van der Waals surface area contributed by atoms with E-state index >= 15 is 0 Å². The fourth-order valence-corrected chi connectivity index (χ4v) is 10.6. The van der Waals surface area contributed by atoms with Crippen molar-refractivity contribution in [3.63, 3.8) is 0 Å². The lowest BCUT2D eigenvalue weighted by molar-refractivity contribution is -0.153. The van der Waals surface area contributed by atoms with E-state index in [1.807, 2.05) is 42.5 Å². The van der Waals surface area contributed by atoms with Crippen LogP contribution in [0.15, 0.2) is 66.9 Å². The van der Waals surface area contributed by atoms with Gasteiger partial charge in [-0.3, -0.25) is 43.9 Å². The molecule has 20 heteroatoms. The molecule has 5 heterocycles. The zero-order chi connectivity index (χ0) is 46.5. The SMILES string of the molecule is COc1cc(N2CCC(N3CCN(C(=O)C4(C(=O)Oc5cccc6c5C(=O)N(C5CCC(=O)NC5=O)C6=O)CC4)CC3)CC2)ccc1Nc1ncc(Cl)c(Nc2ccccc2P(C)(C)=O)n1. The number of fused-ring (bicyclic) bond motifs is 1. The van der Waals surface area contributed by atoms with Gasteiger partial charge in [-0.05, 0) is 81.8 Å². The van der Waals surface area contributed by atoms with Crippen LogP contribution >= 0.6 is 18.7 Å². The molecule has 3 aromatic carbocycles. The van der Waals surface area contributed by atoms with E-state index in [-0.39, 0.29) is 35.6 Å². The monoisotopic (exact) mass is 937 g/mol. The van der Waals surface area contributed by atoms with Gasteiger partial charge in [0.25, 0.3) is 11.8 Å². The minimum Gasteiger partial charge on any atom is -0.494 e. The number of amides is 5. The first-order valence-corrected chi connectivity index (χ1v) is 24.9. The number of piperazine rings is 1. The van der Waals surface area contributed by atoms with E-state index < -0.39 is 48.2 Å². The Balaban J connectivity index is 0.776. The molecule has 9 rings (SSSR count). The third-order valence-electron chi connectivity index (χ3n) is 13.0. The van der Waals surface area contributed by atoms with Crippen molar-refractivity contribution >= 4 is 88.4 Å². The van der Waals surface area contributed by atoms with Crippen LogP contribution < -0.4 is 35.6 Å². The first-order valence-electron chi connectivity index (χ1n) is 21.9. The van der Waals surface area contributed by atoms with E-state index in [1.54, 1.807) is 25.3 Å². The third kappa shape index (κ3) is 8.60. The Morgan fingerprint density at radius 3 is 2.30 bits per heavy atom. The number of anilines is 5. The van der Waals surface area contributed by atoms with Crippen molar-refractivity contribution in [3.05, 3.63) is 83.0 Å². The largest absolute Gasteiger partial charge is 0.494 e. The summed E-state index contributed by atoms with van der Waals surface area (Å²) in [4.78, 5) is 95.0. The van der Waals surface area contributed by atoms with E-state index in [4.69, 9.17) is 21.1 Å². The number of esters is 1. The molecule has 66 heavy (non-hydrogen) atoms. The van der Waals surface area contributed by atoms with E-state index in [1.165, 1.54) is 24.4 Å². The second-order valence-electron chi connectivity index (χ2n) is 17.5. The van der Waals surface area contributed by atoms with E-state index in [9.17, 15) is 33.3 Å². The van der Waals surface area contributed by atoms with Gasteiger partial charge in [-0.1, -0.05) is 29.8 Å². The average molecular weight is 938 g/mol. The normalized spacial score (nSPS) is 19.9. The number of piperidine rings is 2. The minimum atomic E-state index is -2.58. The number of benzene rings is 3. The van der Waals surface area contributed by atoms with Crippen molar-refractivity contribution in [1.82, 2.24) is 30.0 Å². The predicted octanol–water partition coefficient (Wildman–Crippen LogP) is 4.77. The predicted molar refractivity (Wildman–Crippen MR) is 246 cm³/mol. The summed E-state index contributed by atoms with van der Waals surface area (Å²) < 4.78 is 24.5. The summed E-state index contributed by atoms with van der Waals surface area (Å²) in [5.74, 6) is -2.69. The highest BCUT2D eigenvalue weighted by molar-refractivity contribution is 7.70. The van der Waals surface area contributed by atoms with Gasteiger partial charge < -0.3 is 34.5 Å². The molecule has 1 aliphatic carbocycles. The summed E-state index contributed by atoms with van der Waals surface area (Å²) in [5.41, 5.74) is 0.800. The Bertz CT molecular complexity index is 2710. The maximum Gasteiger partial charge on any atom is 0.327 e. The molecule has 0 bridgehead atoms. The maximum absolute atomic E-state index is 13.9. The summed E-state index contributed by atoms with van der Waals surface area (Å²) in [7, 11) is -0.976. The molecule has 0 radical (unpaired) electrons. The van der Waals surface area contributed by atoms with Crippen molar-refractivity contribution in [2.24, 2.45) is 5.41 Å². The summed E-state index contributed by atoms with van der Waals surface area (Å²) in [5, 5.41) is 9.63. The molecule has 3 N–H and O–H groups in total. The standard InChI is InChI=1S/C46H49ClN9O9P/c1-64-35-25-28(11-12-31(35)50-45-48-26-30(47)39(52-45)49-32-8-4-5-10-36(32)66(2,3)63)53-19-15-27(16-20-53)54-21-23-55(24-22-54)43(61)46(17-18-46)44(62)65-34-9-6-7-29-38(34)42(60)56(41(29)59)33-13-14-37(57)51-40(33)58/h4-12,25-27,33H,13-24H2,1-3H3,(H,51,57,58)(H2,48,49,50,52). The van der Waals surface area contributed by atoms with Crippen molar-refractivity contribution < 1.29 is 42.8 Å². The molecule has 3 saturated heterocycles. The van der Waals surface area contributed by atoms with Gasteiger partial charge in [0.1, 0.15) is 35.1 Å². The number of imide groups is 2. The lowest BCUT2D eigenvalue weighted by atomic mass is 10.0. The summed E-state index contributed by atoms with van der Waals surface area (Å²) in [6, 6.07) is 16.7. The van der Waals surface area contributed by atoms with Gasteiger partial charge in [-0.25, -0.2) is 4.98 Å². The van der Waals surface area contributed by atoms with Crippen LogP contribution in [-0.4, -0.2) is 132 Å². The average Bonchev–Trinajstić information content (AvgIpc) is 4.09. The lowest BCUT2D eigenvalue weighted by Crippen LogP contribution is -2.56. The molecule has 1 atom stereocenters. The number of halogens is 1. The van der Waals surface area contributed by atoms with Crippen LogP contribution in [-0.2, 0) is 23.7 Å². The van der Waals surface area contributed by atoms with Gasteiger partial charge in [-0.15, -0.1) is 0 Å². The molecule has 1 aromatic heterocycles. The number of nitrogens with one attached hydrogen (secondary N) is 3. The molecule has 5 aliphatic rings. The van der Waals surface area contributed by atoms with Crippen molar-refractivity contribution in [2.75, 3.05) is 75.2 Å². The van der Waals surface area contributed by atoms with E-state index in [2.05, 4.69) is 35.7 Å². The Morgan fingerprint density at radius 2 is 1.61 bits per heavy atom. The smallest absolute Gasteiger partial charge is 0.327 e. The van der Waals surface area contributed by atoms with Crippen LogP contribution in [0.25, 0.3) is 0 Å². The molecule has 0 spiro atoms. The van der Waals surface area contributed by atoms with Gasteiger partial charge in [0.2, 0.25) is 23.7 Å². The van der Waals surface area contributed by atoms with Crippen LogP contribution in [0.3, 0.4) is 0 Å². The highest BCUT2D eigenvalue weighted by Crippen LogP contribution is 2.49. The molecule has 4 fully saturated rings. The number of ether oxygens (including phenoxy) is 2. The highest BCUT2D eigenvalue weighted by Gasteiger charge is 2.60. The number of hydrogen-bond acceptors (Lipinski definition) is 15. The Hall–Kier alpha value is -6.36.